The van der Waals surface area contributed by atoms with Gasteiger partial charge in [0.25, 0.3) is 0 Å². The van der Waals surface area contributed by atoms with E-state index in [1.165, 1.54) is 17.4 Å². The summed E-state index contributed by atoms with van der Waals surface area (Å²) in [7, 11) is 0. The molecule has 142 valence electrons. The topological polar surface area (TPSA) is 57.8 Å². The van der Waals surface area contributed by atoms with Crippen LogP contribution in [0.15, 0.2) is 48.5 Å². The van der Waals surface area contributed by atoms with E-state index in [0.717, 1.165) is 38.2 Å². The maximum absolute atomic E-state index is 13.4. The minimum absolute atomic E-state index is 0.0553. The Morgan fingerprint density at radius 2 is 2.18 bits per heavy atom. The van der Waals surface area contributed by atoms with E-state index >= 15 is 0 Å². The number of imidazole rings is 1. The van der Waals surface area contributed by atoms with Gasteiger partial charge in [-0.2, -0.15) is 0 Å². The SMILES string of the molecule is C[C@@H](NC(=O)C[C@@H]1C[C@@H]1c1nc2ccccc2[nH]1)c1cc2ccc(F)cc2s1. The van der Waals surface area contributed by atoms with E-state index < -0.39 is 0 Å². The van der Waals surface area contributed by atoms with Crippen molar-refractivity contribution in [1.29, 1.82) is 0 Å². The predicted octanol–water partition coefficient (Wildman–Crippen LogP) is 5.29. The maximum Gasteiger partial charge on any atom is 0.220 e. The first-order valence-electron chi connectivity index (χ1n) is 9.50. The molecule has 6 heteroatoms. The average molecular weight is 393 g/mol. The Labute approximate surface area is 165 Å². The van der Waals surface area contributed by atoms with Crippen LogP contribution < -0.4 is 5.32 Å². The Kier molecular flexibility index (Phi) is 4.16. The standard InChI is InChI=1S/C22H20FN3OS/c1-12(19-9-13-6-7-15(23)11-20(13)28-19)24-21(27)10-14-8-16(14)22-25-17-4-2-3-5-18(17)26-22/h2-7,9,11-12,14,16H,8,10H2,1H3,(H,24,27)(H,25,26)/t12-,14+,16+/m1/s1. The fraction of sp³-hybridized carbons (Fsp3) is 0.273. The largest absolute Gasteiger partial charge is 0.349 e. The van der Waals surface area contributed by atoms with Gasteiger partial charge >= 0.3 is 0 Å². The van der Waals surface area contributed by atoms with Crippen LogP contribution in [0.2, 0.25) is 0 Å². The highest BCUT2D eigenvalue weighted by Gasteiger charge is 2.41. The summed E-state index contributed by atoms with van der Waals surface area (Å²) in [5.74, 6) is 1.48. The number of rotatable bonds is 5. The number of benzene rings is 2. The normalized spacial score (nSPS) is 19.8. The molecule has 1 fully saturated rings. The quantitative estimate of drug-likeness (QED) is 0.484. The highest BCUT2D eigenvalue weighted by molar-refractivity contribution is 7.19. The van der Waals surface area contributed by atoms with E-state index in [-0.39, 0.29) is 17.8 Å². The average Bonchev–Trinajstić information content (AvgIpc) is 3.12. The molecule has 1 saturated carbocycles. The number of nitrogens with one attached hydrogen (secondary N) is 2. The van der Waals surface area contributed by atoms with Gasteiger partial charge < -0.3 is 10.3 Å². The van der Waals surface area contributed by atoms with Crippen LogP contribution in [0.25, 0.3) is 21.1 Å². The fourth-order valence-electron chi connectivity index (χ4n) is 3.80. The van der Waals surface area contributed by atoms with E-state index in [4.69, 9.17) is 0 Å². The Balaban J connectivity index is 1.21. The van der Waals surface area contributed by atoms with Gasteiger partial charge in [-0.15, -0.1) is 11.3 Å². The number of nitrogens with zero attached hydrogens (tertiary/aromatic N) is 1. The number of carbonyl (C=O) groups is 1. The second kappa shape index (κ2) is 6.71. The van der Waals surface area contributed by atoms with Gasteiger partial charge in [-0.25, -0.2) is 9.37 Å². The number of carbonyl (C=O) groups excluding carboxylic acids is 1. The van der Waals surface area contributed by atoms with Crippen molar-refractivity contribution in [3.8, 4) is 0 Å². The number of fused-ring (bicyclic) bond motifs is 2. The molecule has 28 heavy (non-hydrogen) atoms. The number of aromatic nitrogens is 2. The van der Waals surface area contributed by atoms with E-state index in [1.807, 2.05) is 37.3 Å². The molecule has 5 rings (SSSR count). The molecule has 0 radical (unpaired) electrons. The lowest BCUT2D eigenvalue weighted by Crippen LogP contribution is -2.26. The van der Waals surface area contributed by atoms with Crippen molar-refractivity contribution in [2.24, 2.45) is 5.92 Å². The van der Waals surface area contributed by atoms with E-state index in [1.54, 1.807) is 12.1 Å². The van der Waals surface area contributed by atoms with Crippen LogP contribution in [-0.4, -0.2) is 15.9 Å². The first kappa shape index (κ1) is 17.4. The first-order valence-corrected chi connectivity index (χ1v) is 10.3. The van der Waals surface area contributed by atoms with Crippen molar-refractivity contribution < 1.29 is 9.18 Å². The maximum atomic E-state index is 13.4. The van der Waals surface area contributed by atoms with Crippen LogP contribution >= 0.6 is 11.3 Å². The number of amides is 1. The molecule has 2 aromatic heterocycles. The van der Waals surface area contributed by atoms with Crippen LogP contribution in [0.3, 0.4) is 0 Å². The van der Waals surface area contributed by atoms with Gasteiger partial charge in [-0.05, 0) is 55.0 Å². The lowest BCUT2D eigenvalue weighted by Gasteiger charge is -2.12. The van der Waals surface area contributed by atoms with Crippen LogP contribution in [0.4, 0.5) is 4.39 Å². The van der Waals surface area contributed by atoms with Gasteiger partial charge in [-0.3, -0.25) is 4.79 Å². The molecule has 0 saturated heterocycles. The molecule has 4 aromatic rings. The summed E-state index contributed by atoms with van der Waals surface area (Å²) in [6, 6.07) is 14.7. The van der Waals surface area contributed by atoms with Crippen molar-refractivity contribution in [3.63, 3.8) is 0 Å². The summed E-state index contributed by atoms with van der Waals surface area (Å²) >= 11 is 1.53. The van der Waals surface area contributed by atoms with Crippen LogP contribution in [-0.2, 0) is 4.79 Å². The summed E-state index contributed by atoms with van der Waals surface area (Å²) in [4.78, 5) is 21.6. The number of halogens is 1. The zero-order valence-corrected chi connectivity index (χ0v) is 16.2. The Hall–Kier alpha value is -2.73. The Morgan fingerprint density at radius 3 is 3.04 bits per heavy atom. The number of aromatic amines is 1. The van der Waals surface area contributed by atoms with E-state index in [0.29, 0.717) is 18.3 Å². The fourth-order valence-corrected chi connectivity index (χ4v) is 4.90. The molecule has 1 aliphatic carbocycles. The minimum Gasteiger partial charge on any atom is -0.349 e. The van der Waals surface area contributed by atoms with Gasteiger partial charge in [0.1, 0.15) is 11.6 Å². The molecule has 0 aliphatic heterocycles. The summed E-state index contributed by atoms with van der Waals surface area (Å²) in [6.07, 6.45) is 1.50. The smallest absolute Gasteiger partial charge is 0.220 e. The third kappa shape index (κ3) is 3.29. The molecule has 4 nitrogen and oxygen atoms in total. The number of thiophene rings is 1. The molecule has 0 bridgehead atoms. The number of hydrogen-bond donors (Lipinski definition) is 2. The zero-order valence-electron chi connectivity index (χ0n) is 15.4. The minimum atomic E-state index is -0.233. The van der Waals surface area contributed by atoms with Gasteiger partial charge in [0.15, 0.2) is 0 Å². The highest BCUT2D eigenvalue weighted by atomic mass is 32.1. The van der Waals surface area contributed by atoms with Gasteiger partial charge in [0, 0.05) is 21.9 Å². The molecular weight excluding hydrogens is 373 g/mol. The predicted molar refractivity (Wildman–Crippen MR) is 110 cm³/mol. The Morgan fingerprint density at radius 1 is 1.32 bits per heavy atom. The third-order valence-electron chi connectivity index (χ3n) is 5.43. The van der Waals surface area contributed by atoms with Crippen molar-refractivity contribution in [2.45, 2.75) is 31.7 Å². The van der Waals surface area contributed by atoms with E-state index in [2.05, 4.69) is 15.3 Å². The summed E-state index contributed by atoms with van der Waals surface area (Å²) in [6.45, 7) is 1.97. The van der Waals surface area contributed by atoms with Crippen molar-refractivity contribution in [1.82, 2.24) is 15.3 Å². The molecule has 1 amide bonds. The number of para-hydroxylation sites is 2. The second-order valence-corrected chi connectivity index (χ2v) is 8.68. The second-order valence-electron chi connectivity index (χ2n) is 7.57. The monoisotopic (exact) mass is 393 g/mol. The summed E-state index contributed by atoms with van der Waals surface area (Å²) < 4.78 is 14.3. The molecule has 0 unspecified atom stereocenters. The van der Waals surface area contributed by atoms with Gasteiger partial charge in [0.05, 0.1) is 17.1 Å². The van der Waals surface area contributed by atoms with Crippen LogP contribution in [0.1, 0.15) is 42.4 Å². The summed E-state index contributed by atoms with van der Waals surface area (Å²) in [5, 5.41) is 4.10. The Bertz CT molecular complexity index is 1150. The highest BCUT2D eigenvalue weighted by Crippen LogP contribution is 2.48. The zero-order chi connectivity index (χ0) is 19.3. The van der Waals surface area contributed by atoms with Gasteiger partial charge in [-0.1, -0.05) is 18.2 Å². The van der Waals surface area contributed by atoms with Crippen LogP contribution in [0.5, 0.6) is 0 Å². The third-order valence-corrected chi connectivity index (χ3v) is 6.72. The summed E-state index contributed by atoms with van der Waals surface area (Å²) in [5.41, 5.74) is 2.02. The molecule has 0 spiro atoms. The first-order chi connectivity index (χ1) is 13.6. The molecule has 2 heterocycles. The van der Waals surface area contributed by atoms with E-state index in [9.17, 15) is 9.18 Å². The molecular formula is C22H20FN3OS. The molecule has 1 aliphatic rings. The number of hydrogen-bond acceptors (Lipinski definition) is 3. The van der Waals surface area contributed by atoms with Crippen molar-refractivity contribution in [2.75, 3.05) is 0 Å². The molecule has 2 aromatic carbocycles. The molecule has 3 atom stereocenters. The van der Waals surface area contributed by atoms with Crippen molar-refractivity contribution in [3.05, 3.63) is 65.0 Å². The lowest BCUT2D eigenvalue weighted by molar-refractivity contribution is -0.122. The lowest BCUT2D eigenvalue weighted by atomic mass is 10.2. The van der Waals surface area contributed by atoms with Gasteiger partial charge in [0.2, 0.25) is 5.91 Å². The number of H-pyrrole nitrogens is 1. The van der Waals surface area contributed by atoms with Crippen LogP contribution in [0, 0.1) is 11.7 Å². The van der Waals surface area contributed by atoms with Crippen molar-refractivity contribution >= 4 is 38.4 Å². The molecule has 2 N–H and O–H groups in total.